The van der Waals surface area contributed by atoms with Crippen molar-refractivity contribution < 1.29 is 14.6 Å². The van der Waals surface area contributed by atoms with Crippen molar-refractivity contribution in [3.05, 3.63) is 46.3 Å². The Kier molecular flexibility index (Phi) is 6.22. The van der Waals surface area contributed by atoms with Crippen LogP contribution in [0.2, 0.25) is 0 Å². The van der Waals surface area contributed by atoms with E-state index in [0.717, 1.165) is 31.6 Å². The van der Waals surface area contributed by atoms with Crippen LogP contribution in [0, 0.1) is 0 Å². The normalized spacial score (nSPS) is 21.5. The minimum absolute atomic E-state index is 0.0977. The zero-order chi connectivity index (χ0) is 23.1. The molecule has 1 aromatic carbocycles. The van der Waals surface area contributed by atoms with Gasteiger partial charge in [0.25, 0.3) is 0 Å². The molecule has 3 aromatic rings. The largest absolute Gasteiger partial charge is 0.478 e. The maximum atomic E-state index is 11.8. The highest BCUT2D eigenvalue weighted by Crippen LogP contribution is 2.47. The molecule has 180 valence electrons. The summed E-state index contributed by atoms with van der Waals surface area (Å²) in [5.41, 5.74) is 5.59. The lowest BCUT2D eigenvalue weighted by molar-refractivity contribution is 0.0325. The number of fused-ring (bicyclic) bond motifs is 5. The Bertz CT molecular complexity index is 1180. The third kappa shape index (κ3) is 4.10. The number of ether oxygens (including phenoxy) is 1. The average Bonchev–Trinajstić information content (AvgIpc) is 3.57. The van der Waals surface area contributed by atoms with E-state index in [4.69, 9.17) is 4.74 Å². The lowest BCUT2D eigenvalue weighted by atomic mass is 9.82. The van der Waals surface area contributed by atoms with Crippen molar-refractivity contribution in [2.45, 2.75) is 69.9 Å². The van der Waals surface area contributed by atoms with Crippen LogP contribution >= 0.6 is 11.3 Å². The second-order valence-corrected chi connectivity index (χ2v) is 11.2. The molecule has 0 spiro atoms. The Morgan fingerprint density at radius 2 is 1.91 bits per heavy atom. The fraction of sp³-hybridized carbons (Fsp3) is 0.536. The molecule has 34 heavy (non-hydrogen) atoms. The van der Waals surface area contributed by atoms with Crippen LogP contribution in [0.1, 0.15) is 72.3 Å². The number of nitrogens with zero attached hydrogens (tertiary/aromatic N) is 2. The molecule has 5 nitrogen and oxygen atoms in total. The molecule has 1 atom stereocenters. The van der Waals surface area contributed by atoms with Gasteiger partial charge in [0.15, 0.2) is 0 Å². The SMILES string of the molecule is O=C(O)c1ccc2c(C3CCCCC3)c3n(c2c1)CC(OCCN1CCCC1)Cc1ccsc1-3. The van der Waals surface area contributed by atoms with Crippen molar-refractivity contribution in [2.24, 2.45) is 0 Å². The van der Waals surface area contributed by atoms with E-state index in [9.17, 15) is 9.90 Å². The third-order valence-corrected chi connectivity index (χ3v) is 9.08. The first-order valence-electron chi connectivity index (χ1n) is 13.0. The number of hydrogen-bond donors (Lipinski definition) is 1. The number of rotatable bonds is 6. The highest BCUT2D eigenvalue weighted by atomic mass is 32.1. The summed E-state index contributed by atoms with van der Waals surface area (Å²) in [6, 6.07) is 8.03. The van der Waals surface area contributed by atoms with Crippen LogP contribution in [0.15, 0.2) is 29.6 Å². The second-order valence-electron chi connectivity index (χ2n) is 10.3. The number of carboxylic acid groups (broad SMARTS) is 1. The number of carbonyl (C=O) groups is 1. The maximum Gasteiger partial charge on any atom is 0.335 e. The van der Waals surface area contributed by atoms with Gasteiger partial charge in [-0.15, -0.1) is 11.3 Å². The van der Waals surface area contributed by atoms with E-state index >= 15 is 0 Å². The summed E-state index contributed by atoms with van der Waals surface area (Å²) < 4.78 is 8.93. The van der Waals surface area contributed by atoms with Crippen LogP contribution in [0.3, 0.4) is 0 Å². The Labute approximate surface area is 205 Å². The van der Waals surface area contributed by atoms with Gasteiger partial charge in [0.1, 0.15) is 0 Å². The number of aromatic nitrogens is 1. The summed E-state index contributed by atoms with van der Waals surface area (Å²) in [7, 11) is 0. The van der Waals surface area contributed by atoms with Crippen molar-refractivity contribution in [2.75, 3.05) is 26.2 Å². The van der Waals surface area contributed by atoms with Crippen molar-refractivity contribution >= 4 is 28.2 Å². The molecule has 4 heterocycles. The van der Waals surface area contributed by atoms with Gasteiger partial charge in [0, 0.05) is 30.4 Å². The number of aromatic carboxylic acids is 1. The topological polar surface area (TPSA) is 54.7 Å². The first-order chi connectivity index (χ1) is 16.7. The maximum absolute atomic E-state index is 11.8. The number of likely N-dealkylation sites (tertiary alicyclic amines) is 1. The van der Waals surface area contributed by atoms with Crippen LogP contribution in [0.4, 0.5) is 0 Å². The zero-order valence-electron chi connectivity index (χ0n) is 19.8. The standard InChI is InChI=1S/C28H34N2O3S/c31-28(32)21-8-9-23-24(17-21)30-18-22(33-14-13-29-11-4-5-12-29)16-20-10-15-34-27(20)26(30)25(23)19-6-2-1-3-7-19/h8-10,15,17,19,22H,1-7,11-14,16,18H2,(H,31,32). The summed E-state index contributed by atoms with van der Waals surface area (Å²) in [6.45, 7) is 4.93. The van der Waals surface area contributed by atoms with Crippen molar-refractivity contribution in [1.82, 2.24) is 9.47 Å². The molecular weight excluding hydrogens is 444 g/mol. The van der Waals surface area contributed by atoms with Gasteiger partial charge in [-0.1, -0.05) is 25.3 Å². The summed E-state index contributed by atoms with van der Waals surface area (Å²) in [5, 5.41) is 13.2. The van der Waals surface area contributed by atoms with E-state index in [1.165, 1.54) is 85.1 Å². The Hall–Kier alpha value is -2.15. The molecule has 0 radical (unpaired) electrons. The fourth-order valence-electron chi connectivity index (χ4n) is 6.43. The number of hydrogen-bond acceptors (Lipinski definition) is 4. The van der Waals surface area contributed by atoms with Gasteiger partial charge < -0.3 is 19.3 Å². The van der Waals surface area contributed by atoms with Crippen molar-refractivity contribution in [3.8, 4) is 10.6 Å². The quantitative estimate of drug-likeness (QED) is 0.461. The lowest BCUT2D eigenvalue weighted by Crippen LogP contribution is -2.28. The second kappa shape index (κ2) is 9.48. The molecule has 2 aromatic heterocycles. The minimum atomic E-state index is -0.861. The molecule has 1 aliphatic carbocycles. The molecule has 1 saturated heterocycles. The molecule has 1 N–H and O–H groups in total. The minimum Gasteiger partial charge on any atom is -0.478 e. The number of carboxylic acids is 1. The molecule has 3 aliphatic rings. The van der Waals surface area contributed by atoms with Crippen molar-refractivity contribution in [1.29, 1.82) is 0 Å². The molecular formula is C28H34N2O3S. The summed E-state index contributed by atoms with van der Waals surface area (Å²) in [5.74, 6) is -0.314. The molecule has 0 amide bonds. The fourth-order valence-corrected chi connectivity index (χ4v) is 7.44. The first-order valence-corrected chi connectivity index (χ1v) is 13.9. The van der Waals surface area contributed by atoms with Crippen LogP contribution in [0.25, 0.3) is 21.5 Å². The Morgan fingerprint density at radius 3 is 2.71 bits per heavy atom. The van der Waals surface area contributed by atoms with E-state index in [0.29, 0.717) is 11.5 Å². The monoisotopic (exact) mass is 478 g/mol. The zero-order valence-corrected chi connectivity index (χ0v) is 20.6. The van der Waals surface area contributed by atoms with Gasteiger partial charge in [-0.3, -0.25) is 0 Å². The Morgan fingerprint density at radius 1 is 1.09 bits per heavy atom. The summed E-state index contributed by atoms with van der Waals surface area (Å²) in [6.07, 6.45) is 9.96. The molecule has 1 saturated carbocycles. The predicted octanol–water partition coefficient (Wildman–Crippen LogP) is 6.15. The van der Waals surface area contributed by atoms with Crippen LogP contribution < -0.4 is 0 Å². The highest BCUT2D eigenvalue weighted by molar-refractivity contribution is 7.13. The van der Waals surface area contributed by atoms with Crippen LogP contribution in [0.5, 0.6) is 0 Å². The number of thiophene rings is 1. The predicted molar refractivity (Wildman–Crippen MR) is 137 cm³/mol. The number of benzene rings is 1. The molecule has 2 aliphatic heterocycles. The first kappa shape index (κ1) is 22.3. The molecule has 0 bridgehead atoms. The summed E-state index contributed by atoms with van der Waals surface area (Å²) in [4.78, 5) is 15.7. The van der Waals surface area contributed by atoms with Gasteiger partial charge >= 0.3 is 5.97 Å². The van der Waals surface area contributed by atoms with E-state index in [1.807, 2.05) is 17.4 Å². The van der Waals surface area contributed by atoms with Crippen LogP contribution in [-0.4, -0.2) is 52.9 Å². The average molecular weight is 479 g/mol. The van der Waals surface area contributed by atoms with E-state index < -0.39 is 5.97 Å². The molecule has 6 rings (SSSR count). The van der Waals surface area contributed by atoms with Gasteiger partial charge in [0.2, 0.25) is 0 Å². The van der Waals surface area contributed by atoms with E-state index in [2.05, 4.69) is 27.0 Å². The van der Waals surface area contributed by atoms with Crippen molar-refractivity contribution in [3.63, 3.8) is 0 Å². The molecule has 1 unspecified atom stereocenters. The highest BCUT2D eigenvalue weighted by Gasteiger charge is 2.32. The van der Waals surface area contributed by atoms with E-state index in [1.54, 1.807) is 6.07 Å². The van der Waals surface area contributed by atoms with E-state index in [-0.39, 0.29) is 6.10 Å². The van der Waals surface area contributed by atoms with Gasteiger partial charge in [-0.2, -0.15) is 0 Å². The van der Waals surface area contributed by atoms with Crippen LogP contribution in [-0.2, 0) is 17.7 Å². The lowest BCUT2D eigenvalue weighted by Gasteiger charge is -2.23. The van der Waals surface area contributed by atoms with Gasteiger partial charge in [-0.25, -0.2) is 4.79 Å². The van der Waals surface area contributed by atoms with Gasteiger partial charge in [0.05, 0.1) is 28.8 Å². The molecule has 2 fully saturated rings. The smallest absolute Gasteiger partial charge is 0.335 e. The molecule has 6 heteroatoms. The Balaban J connectivity index is 1.43. The third-order valence-electron chi connectivity index (χ3n) is 8.12. The van der Waals surface area contributed by atoms with Gasteiger partial charge in [-0.05, 0) is 79.4 Å². The summed E-state index contributed by atoms with van der Waals surface area (Å²) >= 11 is 1.83.